The summed E-state index contributed by atoms with van der Waals surface area (Å²) in [4.78, 5) is 0. The van der Waals surface area contributed by atoms with E-state index in [2.05, 4.69) is 22.3 Å². The molecule has 20 heavy (non-hydrogen) atoms. The van der Waals surface area contributed by atoms with Crippen molar-refractivity contribution < 1.29 is 0 Å². The minimum absolute atomic E-state index is 0.431. The van der Waals surface area contributed by atoms with Crippen molar-refractivity contribution in [1.82, 2.24) is 10.2 Å². The van der Waals surface area contributed by atoms with Gasteiger partial charge in [0.25, 0.3) is 0 Å². The van der Waals surface area contributed by atoms with Gasteiger partial charge in [0.2, 0.25) is 0 Å². The smallest absolute Gasteiger partial charge is 0.154 e. The minimum Gasteiger partial charge on any atom is -0.154 e. The van der Waals surface area contributed by atoms with Crippen LogP contribution < -0.4 is 0 Å². The molecule has 0 radical (unpaired) electrons. The molecule has 0 bridgehead atoms. The Hall–Kier alpha value is -2.19. The molecule has 98 valence electrons. The van der Waals surface area contributed by atoms with E-state index in [9.17, 15) is 0 Å². The Labute approximate surface area is 123 Å². The standard InChI is InChI=1S/C17H13ClN2/c1-12-15(13-8-4-2-5-9-13)16(17(18)20-19-12)14-10-6-3-7-11-14/h2-11H,1H3. The molecule has 0 fully saturated rings. The predicted octanol–water partition coefficient (Wildman–Crippen LogP) is 4.77. The van der Waals surface area contributed by atoms with Gasteiger partial charge in [0.15, 0.2) is 5.15 Å². The molecule has 0 saturated heterocycles. The summed E-state index contributed by atoms with van der Waals surface area (Å²) in [6.45, 7) is 1.96. The minimum atomic E-state index is 0.431. The van der Waals surface area contributed by atoms with Gasteiger partial charge in [0, 0.05) is 11.1 Å². The van der Waals surface area contributed by atoms with E-state index in [1.165, 1.54) is 0 Å². The van der Waals surface area contributed by atoms with Crippen molar-refractivity contribution in [2.75, 3.05) is 0 Å². The summed E-state index contributed by atoms with van der Waals surface area (Å²) in [7, 11) is 0. The molecule has 0 spiro atoms. The fraction of sp³-hybridized carbons (Fsp3) is 0.0588. The van der Waals surface area contributed by atoms with Crippen LogP contribution in [0.3, 0.4) is 0 Å². The quantitative estimate of drug-likeness (QED) is 0.675. The first-order valence-corrected chi connectivity index (χ1v) is 6.79. The number of nitrogens with zero attached hydrogens (tertiary/aromatic N) is 2. The largest absolute Gasteiger partial charge is 0.160 e. The molecule has 1 aromatic heterocycles. The molecule has 0 N–H and O–H groups in total. The number of hydrogen-bond donors (Lipinski definition) is 0. The Morgan fingerprint density at radius 2 is 1.20 bits per heavy atom. The number of halogens is 1. The van der Waals surface area contributed by atoms with Crippen molar-refractivity contribution in [3.63, 3.8) is 0 Å². The van der Waals surface area contributed by atoms with Gasteiger partial charge in [-0.1, -0.05) is 72.3 Å². The molecule has 0 unspecified atom stereocenters. The predicted molar refractivity (Wildman–Crippen MR) is 82.7 cm³/mol. The topological polar surface area (TPSA) is 25.8 Å². The molecule has 0 atom stereocenters. The molecule has 0 aliphatic heterocycles. The zero-order valence-corrected chi connectivity index (χ0v) is 11.8. The van der Waals surface area contributed by atoms with E-state index >= 15 is 0 Å². The lowest BCUT2D eigenvalue weighted by molar-refractivity contribution is 0.986. The molecule has 2 aromatic carbocycles. The van der Waals surface area contributed by atoms with Crippen LogP contribution in [0.4, 0.5) is 0 Å². The first-order valence-electron chi connectivity index (χ1n) is 6.41. The van der Waals surface area contributed by atoms with Crippen LogP contribution in [0.1, 0.15) is 5.69 Å². The van der Waals surface area contributed by atoms with Crippen molar-refractivity contribution in [1.29, 1.82) is 0 Å². The lowest BCUT2D eigenvalue weighted by Crippen LogP contribution is -1.97. The summed E-state index contributed by atoms with van der Waals surface area (Å²) < 4.78 is 0. The Morgan fingerprint density at radius 1 is 0.700 bits per heavy atom. The van der Waals surface area contributed by atoms with Crippen LogP contribution in [0.2, 0.25) is 5.15 Å². The van der Waals surface area contributed by atoms with Gasteiger partial charge in [-0.15, -0.1) is 5.10 Å². The van der Waals surface area contributed by atoms with Gasteiger partial charge in [-0.2, -0.15) is 5.10 Å². The molecule has 3 rings (SSSR count). The lowest BCUT2D eigenvalue weighted by Gasteiger charge is -2.13. The summed E-state index contributed by atoms with van der Waals surface area (Å²) in [6, 6.07) is 20.2. The molecular weight excluding hydrogens is 268 g/mol. The van der Waals surface area contributed by atoms with E-state index in [0.29, 0.717) is 5.15 Å². The third-order valence-electron chi connectivity index (χ3n) is 3.23. The molecule has 0 aliphatic rings. The van der Waals surface area contributed by atoms with E-state index < -0.39 is 0 Å². The maximum atomic E-state index is 6.31. The van der Waals surface area contributed by atoms with Crippen molar-refractivity contribution in [3.05, 3.63) is 71.5 Å². The van der Waals surface area contributed by atoms with Gasteiger partial charge in [-0.3, -0.25) is 0 Å². The third kappa shape index (κ3) is 2.30. The summed E-state index contributed by atoms with van der Waals surface area (Å²) in [6.07, 6.45) is 0. The summed E-state index contributed by atoms with van der Waals surface area (Å²) in [5.74, 6) is 0. The third-order valence-corrected chi connectivity index (χ3v) is 3.50. The second kappa shape index (κ2) is 5.43. The number of benzene rings is 2. The fourth-order valence-corrected chi connectivity index (χ4v) is 2.57. The van der Waals surface area contributed by atoms with Crippen molar-refractivity contribution in [3.8, 4) is 22.3 Å². The first-order chi connectivity index (χ1) is 9.77. The van der Waals surface area contributed by atoms with Crippen LogP contribution in [-0.4, -0.2) is 10.2 Å². The average molecular weight is 281 g/mol. The van der Waals surface area contributed by atoms with Gasteiger partial charge < -0.3 is 0 Å². The van der Waals surface area contributed by atoms with Gasteiger partial charge in [0.05, 0.1) is 5.69 Å². The van der Waals surface area contributed by atoms with Gasteiger partial charge in [-0.05, 0) is 18.1 Å². The Bertz CT molecular complexity index is 660. The highest BCUT2D eigenvalue weighted by molar-refractivity contribution is 6.32. The van der Waals surface area contributed by atoms with Gasteiger partial charge in [-0.25, -0.2) is 0 Å². The molecule has 3 aromatic rings. The van der Waals surface area contributed by atoms with Crippen molar-refractivity contribution in [2.45, 2.75) is 6.92 Å². The van der Waals surface area contributed by atoms with E-state index in [1.807, 2.05) is 55.5 Å². The average Bonchev–Trinajstić information content (AvgIpc) is 2.51. The number of aryl methyl sites for hydroxylation is 1. The Balaban J connectivity index is 2.32. The number of aromatic nitrogens is 2. The summed E-state index contributed by atoms with van der Waals surface area (Å²) in [5, 5.41) is 8.65. The van der Waals surface area contributed by atoms with Crippen LogP contribution in [0.25, 0.3) is 22.3 Å². The Kier molecular flexibility index (Phi) is 3.48. The van der Waals surface area contributed by atoms with Crippen molar-refractivity contribution in [2.24, 2.45) is 0 Å². The fourth-order valence-electron chi connectivity index (χ4n) is 2.33. The normalized spacial score (nSPS) is 10.5. The highest BCUT2D eigenvalue weighted by Gasteiger charge is 2.16. The van der Waals surface area contributed by atoms with E-state index in [0.717, 1.165) is 27.9 Å². The molecule has 3 heteroatoms. The second-order valence-electron chi connectivity index (χ2n) is 4.56. The zero-order valence-electron chi connectivity index (χ0n) is 11.0. The van der Waals surface area contributed by atoms with E-state index in [4.69, 9.17) is 11.6 Å². The molecule has 1 heterocycles. The number of rotatable bonds is 2. The van der Waals surface area contributed by atoms with Gasteiger partial charge >= 0.3 is 0 Å². The zero-order chi connectivity index (χ0) is 13.9. The molecule has 0 amide bonds. The van der Waals surface area contributed by atoms with Crippen LogP contribution in [0.15, 0.2) is 60.7 Å². The number of hydrogen-bond acceptors (Lipinski definition) is 2. The summed E-state index contributed by atoms with van der Waals surface area (Å²) >= 11 is 6.31. The van der Waals surface area contributed by atoms with Crippen LogP contribution in [0, 0.1) is 6.92 Å². The molecule has 0 aliphatic carbocycles. The highest BCUT2D eigenvalue weighted by atomic mass is 35.5. The lowest BCUT2D eigenvalue weighted by atomic mass is 9.95. The van der Waals surface area contributed by atoms with E-state index in [-0.39, 0.29) is 0 Å². The van der Waals surface area contributed by atoms with Crippen LogP contribution in [-0.2, 0) is 0 Å². The SMILES string of the molecule is Cc1nnc(Cl)c(-c2ccccc2)c1-c1ccccc1. The summed E-state index contributed by atoms with van der Waals surface area (Å²) in [5.41, 5.74) is 5.00. The Morgan fingerprint density at radius 3 is 1.75 bits per heavy atom. The first kappa shape index (κ1) is 12.8. The van der Waals surface area contributed by atoms with Crippen LogP contribution >= 0.6 is 11.6 Å². The highest BCUT2D eigenvalue weighted by Crippen LogP contribution is 2.37. The van der Waals surface area contributed by atoms with Crippen LogP contribution in [0.5, 0.6) is 0 Å². The maximum Gasteiger partial charge on any atom is 0.160 e. The molecule has 0 saturated carbocycles. The molecular formula is C17H13ClN2. The maximum absolute atomic E-state index is 6.31. The molecule has 2 nitrogen and oxygen atoms in total. The van der Waals surface area contributed by atoms with E-state index in [1.54, 1.807) is 0 Å². The second-order valence-corrected chi connectivity index (χ2v) is 4.92. The van der Waals surface area contributed by atoms with Crippen molar-refractivity contribution >= 4 is 11.6 Å². The monoisotopic (exact) mass is 280 g/mol. The van der Waals surface area contributed by atoms with Gasteiger partial charge in [0.1, 0.15) is 0 Å².